The highest BCUT2D eigenvalue weighted by Crippen LogP contribution is 2.30. The zero-order valence-corrected chi connectivity index (χ0v) is 21.6. The van der Waals surface area contributed by atoms with Crippen LogP contribution in [0.2, 0.25) is 0 Å². The van der Waals surface area contributed by atoms with E-state index in [2.05, 4.69) is 20.8 Å². The number of hydrogen-bond acceptors (Lipinski definition) is 5. The van der Waals surface area contributed by atoms with Crippen LogP contribution in [0.3, 0.4) is 0 Å². The molecular weight excluding hydrogens is 516 g/mol. The van der Waals surface area contributed by atoms with Crippen LogP contribution in [0, 0.1) is 6.92 Å². The van der Waals surface area contributed by atoms with Crippen LogP contribution in [-0.2, 0) is 16.6 Å². The number of hydrogen-bond donors (Lipinski definition) is 1. The predicted molar refractivity (Wildman–Crippen MR) is 138 cm³/mol. The van der Waals surface area contributed by atoms with Crippen molar-refractivity contribution in [2.24, 2.45) is 0 Å². The molecule has 0 saturated carbocycles. The fraction of sp³-hybridized carbons (Fsp3) is 0.308. The van der Waals surface area contributed by atoms with E-state index in [-0.39, 0.29) is 17.2 Å². The summed E-state index contributed by atoms with van der Waals surface area (Å²) in [7, 11) is -3.85. The molecule has 0 atom stereocenters. The maximum Gasteiger partial charge on any atom is 0.264 e. The molecule has 1 N–H and O–H groups in total. The summed E-state index contributed by atoms with van der Waals surface area (Å²) >= 11 is 3.41. The van der Waals surface area contributed by atoms with E-state index in [0.717, 1.165) is 29.7 Å². The van der Waals surface area contributed by atoms with Gasteiger partial charge in [-0.2, -0.15) is 0 Å². The topological polar surface area (TPSA) is 70.1 Å². The fourth-order valence-corrected chi connectivity index (χ4v) is 6.25. The maximum atomic E-state index is 13.8. The first-order valence-electron chi connectivity index (χ1n) is 11.3. The predicted octanol–water partition coefficient (Wildman–Crippen LogP) is 5.33. The van der Waals surface area contributed by atoms with E-state index in [4.69, 9.17) is 4.74 Å². The second kappa shape index (κ2) is 10.8. The molecule has 0 amide bonds. The van der Waals surface area contributed by atoms with E-state index in [1.54, 1.807) is 61.5 Å². The number of phenols is 1. The second-order valence-electron chi connectivity index (χ2n) is 8.48. The van der Waals surface area contributed by atoms with Gasteiger partial charge in [0.2, 0.25) is 0 Å². The Morgan fingerprint density at radius 3 is 2.32 bits per heavy atom. The number of likely N-dealkylation sites (tertiary alicyclic amines) is 1. The summed E-state index contributed by atoms with van der Waals surface area (Å²) in [5, 5.41) is 9.63. The average molecular weight is 545 g/mol. The Morgan fingerprint density at radius 1 is 1.00 bits per heavy atom. The fourth-order valence-electron chi connectivity index (χ4n) is 4.11. The summed E-state index contributed by atoms with van der Waals surface area (Å²) < 4.78 is 35.6. The summed E-state index contributed by atoms with van der Waals surface area (Å²) in [6.45, 7) is 5.67. The molecule has 0 aliphatic carbocycles. The number of sulfonamides is 1. The number of halogens is 1. The zero-order valence-electron chi connectivity index (χ0n) is 19.2. The van der Waals surface area contributed by atoms with E-state index in [0.29, 0.717) is 23.6 Å². The number of aryl methyl sites for hydroxylation is 1. The van der Waals surface area contributed by atoms with E-state index in [9.17, 15) is 13.5 Å². The summed E-state index contributed by atoms with van der Waals surface area (Å²) in [6.07, 6.45) is 2.50. The van der Waals surface area contributed by atoms with E-state index >= 15 is 0 Å². The lowest BCUT2D eigenvalue weighted by Crippen LogP contribution is -2.31. The number of nitrogens with zero attached hydrogens (tertiary/aromatic N) is 2. The molecule has 1 fully saturated rings. The molecule has 0 aromatic heterocycles. The third kappa shape index (κ3) is 5.92. The van der Waals surface area contributed by atoms with Crippen molar-refractivity contribution in [1.82, 2.24) is 4.90 Å². The Kier molecular flexibility index (Phi) is 7.80. The van der Waals surface area contributed by atoms with Gasteiger partial charge in [0.25, 0.3) is 10.0 Å². The van der Waals surface area contributed by atoms with Crippen molar-refractivity contribution in [2.45, 2.75) is 31.2 Å². The molecule has 1 heterocycles. The Labute approximate surface area is 210 Å². The number of ether oxygens (including phenoxy) is 1. The largest absolute Gasteiger partial charge is 0.508 e. The molecular formula is C26H29BrN2O4S. The monoisotopic (exact) mass is 544 g/mol. The standard InChI is InChI=1S/C26H29BrN2O4S/c1-20-18-22(27)6-13-26(20)34(31,32)29(19-21-4-9-24(30)10-5-21)23-7-11-25(12-8-23)33-17-16-28-14-2-3-15-28/h4-13,18,30H,2-3,14-17,19H2,1H3. The number of benzene rings is 3. The molecule has 0 unspecified atom stereocenters. The van der Waals surface area contributed by atoms with Crippen LogP contribution in [-0.4, -0.2) is 44.7 Å². The van der Waals surface area contributed by atoms with Crippen LogP contribution >= 0.6 is 15.9 Å². The minimum Gasteiger partial charge on any atom is -0.508 e. The number of phenolic OH excluding ortho intramolecular Hbond substituents is 1. The van der Waals surface area contributed by atoms with Crippen molar-refractivity contribution in [3.63, 3.8) is 0 Å². The third-order valence-corrected chi connectivity index (χ3v) is 8.39. The molecule has 180 valence electrons. The highest BCUT2D eigenvalue weighted by Gasteiger charge is 2.27. The Hall–Kier alpha value is -2.55. The van der Waals surface area contributed by atoms with Crippen molar-refractivity contribution in [3.8, 4) is 11.5 Å². The highest BCUT2D eigenvalue weighted by atomic mass is 79.9. The first kappa shape index (κ1) is 24.6. The Morgan fingerprint density at radius 2 is 1.68 bits per heavy atom. The van der Waals surface area contributed by atoms with E-state index < -0.39 is 10.0 Å². The molecule has 3 aromatic rings. The number of anilines is 1. The lowest BCUT2D eigenvalue weighted by atomic mass is 10.2. The molecule has 1 aliphatic rings. The summed E-state index contributed by atoms with van der Waals surface area (Å²) in [5.74, 6) is 0.849. The lowest BCUT2D eigenvalue weighted by molar-refractivity contribution is 0.238. The smallest absolute Gasteiger partial charge is 0.264 e. The summed E-state index contributed by atoms with van der Waals surface area (Å²) in [6, 6.07) is 18.9. The minimum atomic E-state index is -3.85. The molecule has 8 heteroatoms. The quantitative estimate of drug-likeness (QED) is 0.394. The highest BCUT2D eigenvalue weighted by molar-refractivity contribution is 9.10. The van der Waals surface area contributed by atoms with Gasteiger partial charge in [0, 0.05) is 11.0 Å². The molecule has 4 rings (SSSR count). The third-order valence-electron chi connectivity index (χ3n) is 5.97. The molecule has 1 aliphatic heterocycles. The normalized spacial score (nSPS) is 14.3. The van der Waals surface area contributed by atoms with Gasteiger partial charge in [-0.1, -0.05) is 28.1 Å². The molecule has 0 radical (unpaired) electrons. The Bertz CT molecular complexity index is 1210. The van der Waals surface area contributed by atoms with Gasteiger partial charge in [0.15, 0.2) is 0 Å². The first-order valence-corrected chi connectivity index (χ1v) is 13.6. The van der Waals surface area contributed by atoms with E-state index in [1.165, 1.54) is 17.1 Å². The van der Waals surface area contributed by atoms with Crippen LogP contribution in [0.4, 0.5) is 5.69 Å². The maximum absolute atomic E-state index is 13.8. The van der Waals surface area contributed by atoms with Crippen molar-refractivity contribution in [3.05, 3.63) is 82.3 Å². The van der Waals surface area contributed by atoms with Gasteiger partial charge in [-0.3, -0.25) is 9.21 Å². The van der Waals surface area contributed by atoms with Crippen molar-refractivity contribution >= 4 is 31.6 Å². The molecule has 0 bridgehead atoms. The van der Waals surface area contributed by atoms with E-state index in [1.807, 2.05) is 12.1 Å². The first-order chi connectivity index (χ1) is 16.3. The van der Waals surface area contributed by atoms with Crippen LogP contribution in [0.5, 0.6) is 11.5 Å². The summed E-state index contributed by atoms with van der Waals surface area (Å²) in [5.41, 5.74) is 1.97. The van der Waals surface area contributed by atoms with Gasteiger partial charge in [0.05, 0.1) is 17.1 Å². The van der Waals surface area contributed by atoms with Crippen molar-refractivity contribution in [2.75, 3.05) is 30.5 Å². The molecule has 1 saturated heterocycles. The van der Waals surface area contributed by atoms with Gasteiger partial charge in [0.1, 0.15) is 18.1 Å². The molecule has 3 aromatic carbocycles. The number of rotatable bonds is 9. The zero-order chi connectivity index (χ0) is 24.1. The lowest BCUT2D eigenvalue weighted by Gasteiger charge is -2.26. The van der Waals surface area contributed by atoms with Gasteiger partial charge in [-0.05, 0) is 98.6 Å². The van der Waals surface area contributed by atoms with Gasteiger partial charge in [-0.15, -0.1) is 0 Å². The van der Waals surface area contributed by atoms with Crippen molar-refractivity contribution in [1.29, 1.82) is 0 Å². The van der Waals surface area contributed by atoms with Crippen LogP contribution in [0.1, 0.15) is 24.0 Å². The van der Waals surface area contributed by atoms with Crippen molar-refractivity contribution < 1.29 is 18.3 Å². The molecule has 0 spiro atoms. The molecule has 34 heavy (non-hydrogen) atoms. The van der Waals surface area contributed by atoms with Crippen LogP contribution < -0.4 is 9.04 Å². The van der Waals surface area contributed by atoms with Crippen LogP contribution in [0.15, 0.2) is 76.1 Å². The Balaban J connectivity index is 1.58. The van der Waals surface area contributed by atoms with Crippen LogP contribution in [0.25, 0.3) is 0 Å². The van der Waals surface area contributed by atoms with Gasteiger partial charge < -0.3 is 9.84 Å². The second-order valence-corrected chi connectivity index (χ2v) is 11.2. The minimum absolute atomic E-state index is 0.132. The number of aromatic hydroxyl groups is 1. The van der Waals surface area contributed by atoms with Gasteiger partial charge >= 0.3 is 0 Å². The summed E-state index contributed by atoms with van der Waals surface area (Å²) in [4.78, 5) is 2.64. The average Bonchev–Trinajstić information content (AvgIpc) is 3.32. The molecule has 6 nitrogen and oxygen atoms in total. The van der Waals surface area contributed by atoms with Gasteiger partial charge in [-0.25, -0.2) is 8.42 Å². The SMILES string of the molecule is Cc1cc(Br)ccc1S(=O)(=O)N(Cc1ccc(O)cc1)c1ccc(OCCN2CCCC2)cc1.